The summed E-state index contributed by atoms with van der Waals surface area (Å²) in [5, 5.41) is 0. The number of hydrogen-bond donors (Lipinski definition) is 0. The Labute approximate surface area is 138 Å². The Balaban J connectivity index is 2.12. The largest absolute Gasteiger partial charge is 0.497 e. The van der Waals surface area contributed by atoms with Gasteiger partial charge in [-0.25, -0.2) is 0 Å². The molecule has 2 aromatic rings. The van der Waals surface area contributed by atoms with E-state index in [0.717, 1.165) is 0 Å². The normalized spacial score (nSPS) is 10.9. The third kappa shape index (κ3) is 4.55. The molecule has 0 heterocycles. The van der Waals surface area contributed by atoms with Gasteiger partial charge in [-0.2, -0.15) is 8.78 Å². The quantitative estimate of drug-likeness (QED) is 0.562. The van der Waals surface area contributed by atoms with Gasteiger partial charge in [0.15, 0.2) is 5.78 Å². The average molecular weight is 334 g/mol. The Morgan fingerprint density at radius 3 is 2.25 bits per heavy atom. The van der Waals surface area contributed by atoms with Crippen LogP contribution in [-0.2, 0) is 0 Å². The first kappa shape index (κ1) is 17.5. The summed E-state index contributed by atoms with van der Waals surface area (Å²) in [6.45, 7) is -2.89. The zero-order chi connectivity index (χ0) is 17.5. The topological polar surface area (TPSA) is 44.8 Å². The van der Waals surface area contributed by atoms with Gasteiger partial charge >= 0.3 is 6.61 Å². The van der Waals surface area contributed by atoms with Crippen LogP contribution in [-0.4, -0.2) is 26.6 Å². The second-order valence-corrected chi connectivity index (χ2v) is 4.71. The highest BCUT2D eigenvalue weighted by molar-refractivity contribution is 6.07. The van der Waals surface area contributed by atoms with E-state index in [2.05, 4.69) is 4.74 Å². The average Bonchev–Trinajstić information content (AvgIpc) is 2.59. The number of allylic oxidation sites excluding steroid dienone is 1. The number of carbonyl (C=O) groups is 1. The van der Waals surface area contributed by atoms with Gasteiger partial charge in [-0.05, 0) is 48.6 Å². The van der Waals surface area contributed by atoms with Gasteiger partial charge in [0, 0.05) is 17.2 Å². The first-order chi connectivity index (χ1) is 11.5. The molecule has 0 spiro atoms. The summed E-state index contributed by atoms with van der Waals surface area (Å²) in [6, 6.07) is 10.7. The Hall–Kier alpha value is -2.89. The van der Waals surface area contributed by atoms with Crippen molar-refractivity contribution in [2.45, 2.75) is 6.61 Å². The van der Waals surface area contributed by atoms with Gasteiger partial charge in [-0.3, -0.25) is 4.79 Å². The second kappa shape index (κ2) is 8.10. The van der Waals surface area contributed by atoms with E-state index < -0.39 is 6.61 Å². The zero-order valence-electron chi connectivity index (χ0n) is 13.2. The molecule has 126 valence electrons. The van der Waals surface area contributed by atoms with Crippen LogP contribution in [0.1, 0.15) is 15.9 Å². The molecule has 0 amide bonds. The third-order valence-corrected chi connectivity index (χ3v) is 3.22. The van der Waals surface area contributed by atoms with Gasteiger partial charge in [0.05, 0.1) is 14.2 Å². The van der Waals surface area contributed by atoms with Crippen molar-refractivity contribution in [1.29, 1.82) is 0 Å². The van der Waals surface area contributed by atoms with E-state index in [1.807, 2.05) is 0 Å². The van der Waals surface area contributed by atoms with Crippen LogP contribution >= 0.6 is 0 Å². The van der Waals surface area contributed by atoms with Crippen molar-refractivity contribution in [2.24, 2.45) is 0 Å². The summed E-state index contributed by atoms with van der Waals surface area (Å²) in [5.74, 6) is 0.947. The van der Waals surface area contributed by atoms with Gasteiger partial charge in [-0.1, -0.05) is 0 Å². The van der Waals surface area contributed by atoms with Gasteiger partial charge in [0.1, 0.15) is 17.2 Å². The highest BCUT2D eigenvalue weighted by atomic mass is 19.3. The van der Waals surface area contributed by atoms with E-state index in [1.165, 1.54) is 37.5 Å². The first-order valence-corrected chi connectivity index (χ1v) is 7.03. The Morgan fingerprint density at radius 1 is 1.00 bits per heavy atom. The van der Waals surface area contributed by atoms with Crippen LogP contribution in [0.5, 0.6) is 17.2 Å². The van der Waals surface area contributed by atoms with E-state index in [-0.39, 0.29) is 11.5 Å². The third-order valence-electron chi connectivity index (χ3n) is 3.22. The number of hydrogen-bond acceptors (Lipinski definition) is 4. The van der Waals surface area contributed by atoms with Crippen molar-refractivity contribution in [3.8, 4) is 17.2 Å². The van der Waals surface area contributed by atoms with E-state index >= 15 is 0 Å². The molecule has 0 unspecified atom stereocenters. The molecule has 24 heavy (non-hydrogen) atoms. The van der Waals surface area contributed by atoms with Gasteiger partial charge < -0.3 is 14.2 Å². The van der Waals surface area contributed by atoms with Gasteiger partial charge in [0.25, 0.3) is 0 Å². The molecule has 0 saturated heterocycles. The van der Waals surface area contributed by atoms with Crippen LogP contribution in [0.3, 0.4) is 0 Å². The molecule has 0 N–H and O–H groups in total. The molecule has 0 saturated carbocycles. The number of rotatable bonds is 7. The first-order valence-electron chi connectivity index (χ1n) is 7.03. The maximum absolute atomic E-state index is 12.1. The summed E-state index contributed by atoms with van der Waals surface area (Å²) in [6.07, 6.45) is 3.00. The molecule has 0 atom stereocenters. The lowest BCUT2D eigenvalue weighted by Gasteiger charge is -2.07. The minimum atomic E-state index is -2.89. The van der Waals surface area contributed by atoms with Crippen molar-refractivity contribution in [3.63, 3.8) is 0 Å². The summed E-state index contributed by atoms with van der Waals surface area (Å²) >= 11 is 0. The molecule has 0 aliphatic heterocycles. The number of carbonyl (C=O) groups excluding carboxylic acids is 1. The smallest absolute Gasteiger partial charge is 0.387 e. The van der Waals surface area contributed by atoms with Crippen molar-refractivity contribution >= 4 is 11.9 Å². The molecule has 4 nitrogen and oxygen atoms in total. The number of methoxy groups -OCH3 is 2. The Morgan fingerprint density at radius 2 is 1.67 bits per heavy atom. The number of alkyl halides is 2. The molecule has 0 radical (unpaired) electrons. The van der Waals surface area contributed by atoms with Crippen molar-refractivity contribution in [1.82, 2.24) is 0 Å². The van der Waals surface area contributed by atoms with Crippen LogP contribution < -0.4 is 14.2 Å². The monoisotopic (exact) mass is 334 g/mol. The molecule has 0 aliphatic rings. The van der Waals surface area contributed by atoms with Crippen LogP contribution in [0.4, 0.5) is 8.78 Å². The number of ether oxygens (including phenoxy) is 3. The lowest BCUT2D eigenvalue weighted by molar-refractivity contribution is -0.0498. The van der Waals surface area contributed by atoms with Crippen molar-refractivity contribution < 1.29 is 27.8 Å². The Kier molecular flexibility index (Phi) is 5.89. The van der Waals surface area contributed by atoms with Gasteiger partial charge in [-0.15, -0.1) is 0 Å². The van der Waals surface area contributed by atoms with Crippen LogP contribution in [0.2, 0.25) is 0 Å². The standard InChI is InChI=1S/C18H16F2O4/c1-22-15-9-5-13(17(11-15)23-2)6-10-16(21)12-3-7-14(8-4-12)24-18(19)20/h3-11,18H,1-2H3. The number of ketones is 1. The molecular formula is C18H16F2O4. The van der Waals surface area contributed by atoms with Gasteiger partial charge in [0.2, 0.25) is 0 Å². The number of benzene rings is 2. The van der Waals surface area contributed by atoms with E-state index in [1.54, 1.807) is 31.4 Å². The summed E-state index contributed by atoms with van der Waals surface area (Å²) in [4.78, 5) is 12.1. The predicted molar refractivity (Wildman–Crippen MR) is 86.0 cm³/mol. The van der Waals surface area contributed by atoms with E-state index in [4.69, 9.17) is 9.47 Å². The summed E-state index contributed by atoms with van der Waals surface area (Å²) in [7, 11) is 3.07. The fourth-order valence-corrected chi connectivity index (χ4v) is 2.02. The van der Waals surface area contributed by atoms with E-state index in [0.29, 0.717) is 22.6 Å². The molecule has 2 aromatic carbocycles. The molecule has 2 rings (SSSR count). The maximum atomic E-state index is 12.1. The fourth-order valence-electron chi connectivity index (χ4n) is 2.02. The highest BCUT2D eigenvalue weighted by Crippen LogP contribution is 2.25. The number of halogens is 2. The van der Waals surface area contributed by atoms with Crippen LogP contribution in [0.15, 0.2) is 48.5 Å². The van der Waals surface area contributed by atoms with Crippen molar-refractivity contribution in [3.05, 3.63) is 59.7 Å². The Bertz CT molecular complexity index is 724. The highest BCUT2D eigenvalue weighted by Gasteiger charge is 2.07. The molecule has 6 heteroatoms. The lowest BCUT2D eigenvalue weighted by atomic mass is 10.1. The van der Waals surface area contributed by atoms with Crippen LogP contribution in [0.25, 0.3) is 6.08 Å². The van der Waals surface area contributed by atoms with E-state index in [9.17, 15) is 13.6 Å². The lowest BCUT2D eigenvalue weighted by Crippen LogP contribution is -2.02. The minimum absolute atomic E-state index is 0.00218. The predicted octanol–water partition coefficient (Wildman–Crippen LogP) is 4.20. The molecular weight excluding hydrogens is 318 g/mol. The second-order valence-electron chi connectivity index (χ2n) is 4.71. The molecule has 0 bridgehead atoms. The molecule has 0 aliphatic carbocycles. The zero-order valence-corrected chi connectivity index (χ0v) is 13.2. The fraction of sp³-hybridized carbons (Fsp3) is 0.167. The van der Waals surface area contributed by atoms with Crippen molar-refractivity contribution in [2.75, 3.05) is 14.2 Å². The SMILES string of the molecule is COc1ccc(C=CC(=O)c2ccc(OC(F)F)cc2)c(OC)c1. The maximum Gasteiger partial charge on any atom is 0.387 e. The summed E-state index contributed by atoms with van der Waals surface area (Å²) in [5.41, 5.74) is 1.07. The van der Waals surface area contributed by atoms with Crippen LogP contribution in [0, 0.1) is 0 Å². The minimum Gasteiger partial charge on any atom is -0.497 e. The molecule has 0 fully saturated rings. The molecule has 0 aromatic heterocycles. The summed E-state index contributed by atoms with van der Waals surface area (Å²) < 4.78 is 38.8.